The van der Waals surface area contributed by atoms with Gasteiger partial charge in [-0.1, -0.05) is 11.6 Å². The van der Waals surface area contributed by atoms with Crippen molar-refractivity contribution in [2.24, 2.45) is 4.99 Å². The third-order valence-corrected chi connectivity index (χ3v) is 3.95. The summed E-state index contributed by atoms with van der Waals surface area (Å²) in [5.74, 6) is 1.12. The first kappa shape index (κ1) is 17.8. The largest absolute Gasteiger partial charge is 0.493 e. The van der Waals surface area contributed by atoms with Gasteiger partial charge in [0.1, 0.15) is 0 Å². The summed E-state index contributed by atoms with van der Waals surface area (Å²) >= 11 is 5.87. The third kappa shape index (κ3) is 3.50. The molecule has 26 heavy (non-hydrogen) atoms. The van der Waals surface area contributed by atoms with Gasteiger partial charge < -0.3 is 18.9 Å². The molecule has 0 saturated carbocycles. The molecule has 0 amide bonds. The van der Waals surface area contributed by atoms with Crippen molar-refractivity contribution in [2.75, 3.05) is 21.3 Å². The van der Waals surface area contributed by atoms with E-state index in [0.717, 1.165) is 0 Å². The molecule has 2 aromatic carbocycles. The van der Waals surface area contributed by atoms with Crippen LogP contribution in [0.15, 0.2) is 47.1 Å². The third-order valence-electron chi connectivity index (χ3n) is 3.70. The maximum atomic E-state index is 12.1. The summed E-state index contributed by atoms with van der Waals surface area (Å²) in [4.78, 5) is 16.4. The zero-order valence-electron chi connectivity index (χ0n) is 14.4. The fourth-order valence-corrected chi connectivity index (χ4v) is 2.59. The molecule has 0 radical (unpaired) electrons. The van der Waals surface area contributed by atoms with Crippen LogP contribution in [0.3, 0.4) is 0 Å². The van der Waals surface area contributed by atoms with Crippen LogP contribution in [0.5, 0.6) is 17.2 Å². The minimum atomic E-state index is -0.538. The van der Waals surface area contributed by atoms with E-state index in [4.69, 9.17) is 30.5 Å². The average Bonchev–Trinajstić information content (AvgIpc) is 3.01. The Morgan fingerprint density at radius 3 is 2.15 bits per heavy atom. The monoisotopic (exact) mass is 373 g/mol. The number of carbonyl (C=O) groups excluding carboxylic acids is 1. The van der Waals surface area contributed by atoms with Crippen LogP contribution < -0.4 is 14.2 Å². The second kappa shape index (κ2) is 7.49. The number of hydrogen-bond acceptors (Lipinski definition) is 6. The number of rotatable bonds is 5. The Morgan fingerprint density at radius 2 is 1.62 bits per heavy atom. The summed E-state index contributed by atoms with van der Waals surface area (Å²) in [6, 6.07) is 10.3. The molecule has 1 aliphatic rings. The number of methoxy groups -OCH3 is 3. The number of ether oxygens (including phenoxy) is 4. The van der Waals surface area contributed by atoms with Crippen LogP contribution in [0, 0.1) is 0 Å². The van der Waals surface area contributed by atoms with E-state index in [9.17, 15) is 4.79 Å². The van der Waals surface area contributed by atoms with Gasteiger partial charge in [0, 0.05) is 10.6 Å². The predicted molar refractivity (Wildman–Crippen MR) is 98.2 cm³/mol. The lowest BCUT2D eigenvalue weighted by Gasteiger charge is -2.12. The number of carbonyl (C=O) groups is 1. The van der Waals surface area contributed by atoms with E-state index in [1.807, 2.05) is 0 Å². The molecule has 0 spiro atoms. The van der Waals surface area contributed by atoms with Crippen LogP contribution in [-0.2, 0) is 9.53 Å². The predicted octanol–water partition coefficient (Wildman–Crippen LogP) is 3.71. The van der Waals surface area contributed by atoms with E-state index in [2.05, 4.69) is 4.99 Å². The van der Waals surface area contributed by atoms with E-state index in [-0.39, 0.29) is 11.6 Å². The molecule has 1 aliphatic heterocycles. The molecule has 3 rings (SSSR count). The van der Waals surface area contributed by atoms with Crippen LogP contribution in [0.25, 0.3) is 6.08 Å². The van der Waals surface area contributed by atoms with Crippen molar-refractivity contribution in [3.8, 4) is 17.2 Å². The standard InChI is InChI=1S/C19H16ClNO5/c1-23-15-9-11(10-16(24-2)17(15)25-3)8-14-19(22)26-18(21-14)12-4-6-13(20)7-5-12/h4-10H,1-3H3. The van der Waals surface area contributed by atoms with E-state index >= 15 is 0 Å². The molecule has 0 atom stereocenters. The minimum absolute atomic E-state index is 0.171. The van der Waals surface area contributed by atoms with E-state index in [1.54, 1.807) is 42.5 Å². The number of halogens is 1. The highest BCUT2D eigenvalue weighted by molar-refractivity contribution is 6.30. The van der Waals surface area contributed by atoms with Crippen molar-refractivity contribution in [3.63, 3.8) is 0 Å². The summed E-state index contributed by atoms with van der Waals surface area (Å²) < 4.78 is 21.2. The number of aliphatic imine (C=N–C) groups is 1. The molecule has 1 heterocycles. The number of esters is 1. The zero-order chi connectivity index (χ0) is 18.7. The highest BCUT2D eigenvalue weighted by Crippen LogP contribution is 2.39. The Kier molecular flexibility index (Phi) is 5.14. The number of hydrogen-bond donors (Lipinski definition) is 0. The molecule has 7 heteroatoms. The summed E-state index contributed by atoms with van der Waals surface area (Å²) in [6.07, 6.45) is 1.59. The Labute approximate surface area is 155 Å². The Hall–Kier alpha value is -2.99. The highest BCUT2D eigenvalue weighted by atomic mass is 35.5. The van der Waals surface area contributed by atoms with Crippen LogP contribution in [0.1, 0.15) is 11.1 Å². The Morgan fingerprint density at radius 1 is 1.00 bits per heavy atom. The SMILES string of the molecule is COc1cc(C=C2N=C(c3ccc(Cl)cc3)OC2=O)cc(OC)c1OC. The average molecular weight is 374 g/mol. The molecule has 0 bridgehead atoms. The fraction of sp³-hybridized carbons (Fsp3) is 0.158. The number of nitrogens with zero attached hydrogens (tertiary/aromatic N) is 1. The zero-order valence-corrected chi connectivity index (χ0v) is 15.2. The summed E-state index contributed by atoms with van der Waals surface area (Å²) in [5, 5.41) is 0.590. The molecular weight excluding hydrogens is 358 g/mol. The molecular formula is C19H16ClNO5. The van der Waals surface area contributed by atoms with Gasteiger partial charge in [-0.25, -0.2) is 9.79 Å². The van der Waals surface area contributed by atoms with Gasteiger partial charge in [-0.05, 0) is 48.0 Å². The van der Waals surface area contributed by atoms with Crippen molar-refractivity contribution in [1.82, 2.24) is 0 Å². The van der Waals surface area contributed by atoms with Gasteiger partial charge in [0.05, 0.1) is 21.3 Å². The van der Waals surface area contributed by atoms with Crippen LogP contribution in [0.2, 0.25) is 5.02 Å². The first-order valence-electron chi connectivity index (χ1n) is 7.64. The second-order valence-corrected chi connectivity index (χ2v) is 5.74. The Bertz CT molecular complexity index is 878. The molecule has 0 saturated heterocycles. The summed E-state index contributed by atoms with van der Waals surface area (Å²) in [7, 11) is 4.57. The van der Waals surface area contributed by atoms with Gasteiger partial charge in [0.25, 0.3) is 0 Å². The lowest BCUT2D eigenvalue weighted by Crippen LogP contribution is -2.05. The first-order valence-corrected chi connectivity index (χ1v) is 8.02. The topological polar surface area (TPSA) is 66.4 Å². The molecule has 0 fully saturated rings. The van der Waals surface area contributed by atoms with Gasteiger partial charge >= 0.3 is 5.97 Å². The van der Waals surface area contributed by atoms with E-state index < -0.39 is 5.97 Å². The maximum absolute atomic E-state index is 12.1. The van der Waals surface area contributed by atoms with E-state index in [0.29, 0.717) is 33.4 Å². The number of cyclic esters (lactones) is 1. The normalized spacial score (nSPS) is 14.8. The smallest absolute Gasteiger partial charge is 0.363 e. The highest BCUT2D eigenvalue weighted by Gasteiger charge is 2.24. The second-order valence-electron chi connectivity index (χ2n) is 5.30. The van der Waals surface area contributed by atoms with Crippen LogP contribution >= 0.6 is 11.6 Å². The fourth-order valence-electron chi connectivity index (χ4n) is 2.47. The lowest BCUT2D eigenvalue weighted by atomic mass is 10.1. The van der Waals surface area contributed by atoms with E-state index in [1.165, 1.54) is 21.3 Å². The van der Waals surface area contributed by atoms with Crippen molar-refractivity contribution in [1.29, 1.82) is 0 Å². The van der Waals surface area contributed by atoms with Crippen LogP contribution in [-0.4, -0.2) is 33.2 Å². The summed E-state index contributed by atoms with van der Waals surface area (Å²) in [5.41, 5.74) is 1.49. The van der Waals surface area contributed by atoms with Crippen molar-refractivity contribution < 1.29 is 23.7 Å². The molecule has 134 valence electrons. The van der Waals surface area contributed by atoms with Gasteiger partial charge in [0.15, 0.2) is 17.2 Å². The molecule has 0 unspecified atom stereocenters. The maximum Gasteiger partial charge on any atom is 0.363 e. The van der Waals surface area contributed by atoms with Gasteiger partial charge in [-0.3, -0.25) is 0 Å². The van der Waals surface area contributed by atoms with Gasteiger partial charge in [-0.15, -0.1) is 0 Å². The Balaban J connectivity index is 1.99. The lowest BCUT2D eigenvalue weighted by molar-refractivity contribution is -0.129. The number of benzene rings is 2. The first-order chi connectivity index (χ1) is 12.5. The molecule has 0 N–H and O–H groups in total. The van der Waals surface area contributed by atoms with Crippen molar-refractivity contribution >= 4 is 29.5 Å². The van der Waals surface area contributed by atoms with Crippen molar-refractivity contribution in [2.45, 2.75) is 0 Å². The van der Waals surface area contributed by atoms with Gasteiger partial charge in [0.2, 0.25) is 11.6 Å². The summed E-state index contributed by atoms with van der Waals surface area (Å²) in [6.45, 7) is 0. The molecule has 6 nitrogen and oxygen atoms in total. The molecule has 0 aliphatic carbocycles. The van der Waals surface area contributed by atoms with Gasteiger partial charge in [-0.2, -0.15) is 0 Å². The van der Waals surface area contributed by atoms with Crippen molar-refractivity contribution in [3.05, 3.63) is 58.2 Å². The minimum Gasteiger partial charge on any atom is -0.493 e. The molecule has 2 aromatic rings. The molecule has 0 aromatic heterocycles. The quantitative estimate of drug-likeness (QED) is 0.590. The van der Waals surface area contributed by atoms with Crippen LogP contribution in [0.4, 0.5) is 0 Å².